The van der Waals surface area contributed by atoms with E-state index in [1.807, 2.05) is 35.4 Å². The SMILES string of the molecule is O=C1NCC(CCCn2ccnn2)N1c1ccc(-n2ccnn2)cc1. The Morgan fingerprint density at radius 1 is 1.04 bits per heavy atom. The first kappa shape index (κ1) is 15.3. The molecule has 1 aromatic carbocycles. The number of anilines is 1. The molecule has 1 aliphatic rings. The molecule has 0 saturated carbocycles. The van der Waals surface area contributed by atoms with Crippen LogP contribution < -0.4 is 10.2 Å². The minimum atomic E-state index is -0.0562. The van der Waals surface area contributed by atoms with Crippen molar-refractivity contribution in [3.63, 3.8) is 0 Å². The molecule has 128 valence electrons. The molecule has 0 bridgehead atoms. The predicted molar refractivity (Wildman–Crippen MR) is 90.3 cm³/mol. The van der Waals surface area contributed by atoms with E-state index in [1.54, 1.807) is 28.0 Å². The Morgan fingerprint density at radius 3 is 2.52 bits per heavy atom. The number of carbonyl (C=O) groups excluding carboxylic acids is 1. The Bertz CT molecular complexity index is 812. The first-order valence-corrected chi connectivity index (χ1v) is 8.19. The van der Waals surface area contributed by atoms with E-state index >= 15 is 0 Å². The fraction of sp³-hybridized carbons (Fsp3) is 0.312. The molecule has 9 heteroatoms. The maximum atomic E-state index is 12.3. The zero-order valence-electron chi connectivity index (χ0n) is 13.6. The molecular weight excluding hydrogens is 320 g/mol. The highest BCUT2D eigenvalue weighted by Gasteiger charge is 2.31. The highest BCUT2D eigenvalue weighted by Crippen LogP contribution is 2.24. The second kappa shape index (κ2) is 6.71. The largest absolute Gasteiger partial charge is 0.336 e. The third-order valence-corrected chi connectivity index (χ3v) is 4.28. The van der Waals surface area contributed by atoms with Gasteiger partial charge < -0.3 is 5.32 Å². The van der Waals surface area contributed by atoms with Gasteiger partial charge in [0, 0.05) is 25.0 Å². The molecule has 2 aromatic heterocycles. The van der Waals surface area contributed by atoms with Gasteiger partial charge in [0.1, 0.15) is 0 Å². The minimum Gasteiger partial charge on any atom is -0.336 e. The Morgan fingerprint density at radius 2 is 1.80 bits per heavy atom. The minimum absolute atomic E-state index is 0.0562. The summed E-state index contributed by atoms with van der Waals surface area (Å²) in [6.07, 6.45) is 8.75. The number of benzene rings is 1. The van der Waals surface area contributed by atoms with Gasteiger partial charge in [0.25, 0.3) is 0 Å². The van der Waals surface area contributed by atoms with Crippen LogP contribution in [0.5, 0.6) is 0 Å². The van der Waals surface area contributed by atoms with Gasteiger partial charge in [0.05, 0.1) is 30.3 Å². The van der Waals surface area contributed by atoms with Crippen molar-refractivity contribution in [2.45, 2.75) is 25.4 Å². The zero-order valence-corrected chi connectivity index (χ0v) is 13.6. The molecule has 3 aromatic rings. The van der Waals surface area contributed by atoms with Crippen molar-refractivity contribution in [1.29, 1.82) is 0 Å². The summed E-state index contributed by atoms with van der Waals surface area (Å²) in [6, 6.07) is 7.82. The molecular formula is C16H18N8O. The van der Waals surface area contributed by atoms with Gasteiger partial charge in [0.2, 0.25) is 0 Å². The molecule has 1 aliphatic heterocycles. The van der Waals surface area contributed by atoms with Crippen LogP contribution in [-0.4, -0.2) is 48.6 Å². The summed E-state index contributed by atoms with van der Waals surface area (Å²) in [6.45, 7) is 1.45. The fourth-order valence-electron chi connectivity index (χ4n) is 3.06. The van der Waals surface area contributed by atoms with E-state index in [0.717, 1.165) is 30.8 Å². The summed E-state index contributed by atoms with van der Waals surface area (Å²) >= 11 is 0. The fourth-order valence-corrected chi connectivity index (χ4v) is 3.06. The molecule has 4 rings (SSSR count). The van der Waals surface area contributed by atoms with Gasteiger partial charge in [-0.05, 0) is 37.1 Å². The summed E-state index contributed by atoms with van der Waals surface area (Å²) in [5.41, 5.74) is 1.79. The van der Waals surface area contributed by atoms with E-state index in [1.165, 1.54) is 0 Å². The standard InChI is InChI=1S/C16H18N8O/c25-16-17-12-15(2-1-9-22-10-7-18-20-22)24(16)14-5-3-13(4-6-14)23-11-8-19-21-23/h3-8,10-11,15H,1-2,9,12H2,(H,17,25). The number of nitrogens with zero attached hydrogens (tertiary/aromatic N) is 7. The molecule has 2 amide bonds. The van der Waals surface area contributed by atoms with Crippen LogP contribution in [0.4, 0.5) is 10.5 Å². The number of hydrogen-bond acceptors (Lipinski definition) is 5. The van der Waals surface area contributed by atoms with Crippen LogP contribution in [0.3, 0.4) is 0 Å². The number of nitrogens with one attached hydrogen (secondary N) is 1. The Kier molecular flexibility index (Phi) is 4.11. The third-order valence-electron chi connectivity index (χ3n) is 4.28. The Labute approximate surface area is 144 Å². The lowest BCUT2D eigenvalue weighted by Gasteiger charge is -2.23. The number of aromatic nitrogens is 6. The molecule has 1 fully saturated rings. The van der Waals surface area contributed by atoms with E-state index in [-0.39, 0.29) is 12.1 Å². The van der Waals surface area contributed by atoms with E-state index in [9.17, 15) is 4.79 Å². The molecule has 3 heterocycles. The molecule has 0 aliphatic carbocycles. The molecule has 1 N–H and O–H groups in total. The lowest BCUT2D eigenvalue weighted by molar-refractivity contribution is 0.251. The van der Waals surface area contributed by atoms with Gasteiger partial charge in [-0.15, -0.1) is 10.2 Å². The van der Waals surface area contributed by atoms with Gasteiger partial charge >= 0.3 is 6.03 Å². The van der Waals surface area contributed by atoms with Crippen molar-refractivity contribution < 1.29 is 4.79 Å². The van der Waals surface area contributed by atoms with Crippen molar-refractivity contribution in [2.24, 2.45) is 0 Å². The van der Waals surface area contributed by atoms with Crippen LogP contribution in [-0.2, 0) is 6.54 Å². The van der Waals surface area contributed by atoms with E-state index in [2.05, 4.69) is 25.9 Å². The molecule has 0 spiro atoms. The molecule has 0 radical (unpaired) electrons. The summed E-state index contributed by atoms with van der Waals surface area (Å²) in [5.74, 6) is 0. The molecule has 25 heavy (non-hydrogen) atoms. The van der Waals surface area contributed by atoms with Gasteiger partial charge in [-0.2, -0.15) is 0 Å². The van der Waals surface area contributed by atoms with Crippen LogP contribution in [0.2, 0.25) is 0 Å². The Balaban J connectivity index is 1.44. The second-order valence-electron chi connectivity index (χ2n) is 5.88. The quantitative estimate of drug-likeness (QED) is 0.730. The number of rotatable bonds is 6. The van der Waals surface area contributed by atoms with Crippen LogP contribution >= 0.6 is 0 Å². The topological polar surface area (TPSA) is 93.8 Å². The van der Waals surface area contributed by atoms with Gasteiger partial charge in [-0.3, -0.25) is 9.58 Å². The van der Waals surface area contributed by atoms with E-state index in [0.29, 0.717) is 6.54 Å². The number of hydrogen-bond donors (Lipinski definition) is 1. The summed E-state index contributed by atoms with van der Waals surface area (Å²) in [4.78, 5) is 14.1. The smallest absolute Gasteiger partial charge is 0.322 e. The highest BCUT2D eigenvalue weighted by atomic mass is 16.2. The van der Waals surface area contributed by atoms with Crippen molar-refractivity contribution in [3.8, 4) is 5.69 Å². The molecule has 9 nitrogen and oxygen atoms in total. The zero-order chi connectivity index (χ0) is 17.1. The summed E-state index contributed by atoms with van der Waals surface area (Å²) in [7, 11) is 0. The lowest BCUT2D eigenvalue weighted by atomic mass is 10.1. The third kappa shape index (κ3) is 3.21. The first-order chi connectivity index (χ1) is 12.3. The first-order valence-electron chi connectivity index (χ1n) is 8.19. The average Bonchev–Trinajstić information content (AvgIpc) is 3.37. The van der Waals surface area contributed by atoms with Gasteiger partial charge in [0.15, 0.2) is 0 Å². The van der Waals surface area contributed by atoms with Crippen LogP contribution in [0.25, 0.3) is 5.69 Å². The van der Waals surface area contributed by atoms with E-state index in [4.69, 9.17) is 0 Å². The average molecular weight is 338 g/mol. The van der Waals surface area contributed by atoms with Crippen molar-refractivity contribution in [2.75, 3.05) is 11.4 Å². The van der Waals surface area contributed by atoms with Crippen molar-refractivity contribution in [1.82, 2.24) is 35.3 Å². The van der Waals surface area contributed by atoms with Crippen LogP contribution in [0.15, 0.2) is 49.1 Å². The number of aryl methyl sites for hydroxylation is 1. The highest BCUT2D eigenvalue weighted by molar-refractivity contribution is 5.95. The molecule has 1 saturated heterocycles. The normalized spacial score (nSPS) is 17.0. The van der Waals surface area contributed by atoms with Crippen molar-refractivity contribution >= 4 is 11.7 Å². The lowest BCUT2D eigenvalue weighted by Crippen LogP contribution is -2.34. The maximum Gasteiger partial charge on any atom is 0.322 e. The monoisotopic (exact) mass is 338 g/mol. The summed E-state index contributed by atoms with van der Waals surface area (Å²) < 4.78 is 3.49. The number of carbonyl (C=O) groups is 1. The van der Waals surface area contributed by atoms with E-state index < -0.39 is 0 Å². The Hall–Kier alpha value is -3.23. The van der Waals surface area contributed by atoms with Gasteiger partial charge in [-0.1, -0.05) is 10.4 Å². The second-order valence-corrected chi connectivity index (χ2v) is 5.88. The maximum absolute atomic E-state index is 12.3. The molecule has 1 unspecified atom stereocenters. The van der Waals surface area contributed by atoms with Crippen molar-refractivity contribution in [3.05, 3.63) is 49.1 Å². The van der Waals surface area contributed by atoms with Gasteiger partial charge in [-0.25, -0.2) is 9.48 Å². The van der Waals surface area contributed by atoms with Crippen LogP contribution in [0.1, 0.15) is 12.8 Å². The van der Waals surface area contributed by atoms with Crippen LogP contribution in [0, 0.1) is 0 Å². The summed E-state index contributed by atoms with van der Waals surface area (Å²) in [5, 5.41) is 18.5. The number of amides is 2. The predicted octanol–water partition coefficient (Wildman–Crippen LogP) is 1.24. The molecule has 1 atom stereocenters. The number of urea groups is 1.